The predicted molar refractivity (Wildman–Crippen MR) is 116 cm³/mol. The zero-order valence-electron chi connectivity index (χ0n) is 17.5. The summed E-state index contributed by atoms with van der Waals surface area (Å²) < 4.78 is 28.8. The molecule has 0 saturated carbocycles. The Labute approximate surface area is 173 Å². The SMILES string of the molecule is CCN1CCN(C(=O)c2ccc(C)c(S(=O)(=O)Nc3ccc(C)cc3C)c2)CC1. The molecule has 1 aliphatic heterocycles. The summed E-state index contributed by atoms with van der Waals surface area (Å²) in [4.78, 5) is 17.2. The number of hydrogen-bond donors (Lipinski definition) is 1. The molecule has 1 fully saturated rings. The van der Waals surface area contributed by atoms with Crippen molar-refractivity contribution in [1.29, 1.82) is 0 Å². The number of benzene rings is 2. The highest BCUT2D eigenvalue weighted by Gasteiger charge is 2.24. The molecular formula is C22H29N3O3S. The molecule has 1 N–H and O–H groups in total. The highest BCUT2D eigenvalue weighted by Crippen LogP contribution is 2.24. The van der Waals surface area contributed by atoms with E-state index in [9.17, 15) is 13.2 Å². The van der Waals surface area contributed by atoms with Gasteiger partial charge in [-0.05, 0) is 56.6 Å². The Hall–Kier alpha value is -2.38. The van der Waals surface area contributed by atoms with Crippen LogP contribution in [0.3, 0.4) is 0 Å². The number of hydrogen-bond acceptors (Lipinski definition) is 4. The largest absolute Gasteiger partial charge is 0.336 e. The van der Waals surface area contributed by atoms with E-state index in [0.29, 0.717) is 29.9 Å². The van der Waals surface area contributed by atoms with Gasteiger partial charge in [-0.15, -0.1) is 0 Å². The van der Waals surface area contributed by atoms with Gasteiger partial charge in [0.05, 0.1) is 10.6 Å². The standard InChI is InChI=1S/C22H29N3O3S/c1-5-24-10-12-25(13-11-24)22(26)19-8-7-17(3)21(15-19)29(27,28)23-20-9-6-16(2)14-18(20)4/h6-9,14-15,23H,5,10-13H2,1-4H3. The first kappa shape index (κ1) is 21.3. The molecule has 7 heteroatoms. The van der Waals surface area contributed by atoms with Crippen LogP contribution in [0.15, 0.2) is 41.3 Å². The second kappa shape index (κ2) is 8.55. The molecule has 1 aliphatic rings. The molecule has 2 aromatic carbocycles. The molecule has 0 atom stereocenters. The van der Waals surface area contributed by atoms with E-state index >= 15 is 0 Å². The summed E-state index contributed by atoms with van der Waals surface area (Å²) in [5.41, 5.74) is 3.48. The first-order chi connectivity index (χ1) is 13.7. The molecule has 0 unspecified atom stereocenters. The quantitative estimate of drug-likeness (QED) is 0.814. The Bertz CT molecular complexity index is 1010. The fourth-order valence-electron chi connectivity index (χ4n) is 3.60. The van der Waals surface area contributed by atoms with E-state index in [4.69, 9.17) is 0 Å². The number of sulfonamides is 1. The summed E-state index contributed by atoms with van der Waals surface area (Å²) in [6.45, 7) is 11.6. The van der Waals surface area contributed by atoms with Gasteiger partial charge in [0.15, 0.2) is 0 Å². The molecule has 0 bridgehead atoms. The molecular weight excluding hydrogens is 386 g/mol. The van der Waals surface area contributed by atoms with E-state index in [1.54, 1.807) is 30.0 Å². The molecule has 0 spiro atoms. The number of piperazine rings is 1. The molecule has 3 rings (SSSR count). The van der Waals surface area contributed by atoms with Crippen LogP contribution in [-0.4, -0.2) is 56.8 Å². The van der Waals surface area contributed by atoms with E-state index in [-0.39, 0.29) is 10.8 Å². The molecule has 6 nitrogen and oxygen atoms in total. The molecule has 0 aliphatic carbocycles. The monoisotopic (exact) mass is 415 g/mol. The Morgan fingerprint density at radius 1 is 0.966 bits per heavy atom. The first-order valence-corrected chi connectivity index (χ1v) is 11.4. The molecule has 1 amide bonds. The topological polar surface area (TPSA) is 69.7 Å². The maximum Gasteiger partial charge on any atom is 0.262 e. The van der Waals surface area contributed by atoms with Crippen LogP contribution in [0.25, 0.3) is 0 Å². The summed E-state index contributed by atoms with van der Waals surface area (Å²) in [5.74, 6) is -0.122. The lowest BCUT2D eigenvalue weighted by atomic mass is 10.1. The van der Waals surface area contributed by atoms with Gasteiger partial charge >= 0.3 is 0 Å². The highest BCUT2D eigenvalue weighted by atomic mass is 32.2. The third-order valence-corrected chi connectivity index (χ3v) is 6.97. The minimum absolute atomic E-state index is 0.122. The molecule has 0 radical (unpaired) electrons. The first-order valence-electron chi connectivity index (χ1n) is 9.93. The molecule has 1 saturated heterocycles. The van der Waals surface area contributed by atoms with E-state index in [1.165, 1.54) is 6.07 Å². The Morgan fingerprint density at radius 2 is 1.66 bits per heavy atom. The van der Waals surface area contributed by atoms with Crippen molar-refractivity contribution in [3.63, 3.8) is 0 Å². The maximum atomic E-state index is 13.0. The summed E-state index contributed by atoms with van der Waals surface area (Å²) in [7, 11) is -3.81. The summed E-state index contributed by atoms with van der Waals surface area (Å²) >= 11 is 0. The van der Waals surface area contributed by atoms with E-state index < -0.39 is 10.0 Å². The van der Waals surface area contributed by atoms with Gasteiger partial charge in [-0.2, -0.15) is 0 Å². The molecule has 2 aromatic rings. The van der Waals surface area contributed by atoms with Crippen molar-refractivity contribution in [2.75, 3.05) is 37.4 Å². The summed E-state index contributed by atoms with van der Waals surface area (Å²) in [6.07, 6.45) is 0. The van der Waals surface area contributed by atoms with Gasteiger partial charge in [0.1, 0.15) is 0 Å². The van der Waals surface area contributed by atoms with Crippen LogP contribution in [0.1, 0.15) is 34.0 Å². The van der Waals surface area contributed by atoms with Crippen LogP contribution in [0.4, 0.5) is 5.69 Å². The number of anilines is 1. The van der Waals surface area contributed by atoms with Gasteiger partial charge in [-0.1, -0.05) is 30.7 Å². The third kappa shape index (κ3) is 4.79. The summed E-state index contributed by atoms with van der Waals surface area (Å²) in [6, 6.07) is 10.5. The van der Waals surface area contributed by atoms with Crippen LogP contribution >= 0.6 is 0 Å². The predicted octanol–water partition coefficient (Wildman–Crippen LogP) is 3.19. The third-order valence-electron chi connectivity index (χ3n) is 5.46. The van der Waals surface area contributed by atoms with Crippen LogP contribution in [0.5, 0.6) is 0 Å². The Kier molecular flexibility index (Phi) is 6.29. The second-order valence-electron chi connectivity index (χ2n) is 7.63. The lowest BCUT2D eigenvalue weighted by molar-refractivity contribution is 0.0643. The van der Waals surface area contributed by atoms with Crippen molar-refractivity contribution in [3.05, 3.63) is 58.7 Å². The van der Waals surface area contributed by atoms with Crippen molar-refractivity contribution in [1.82, 2.24) is 9.80 Å². The highest BCUT2D eigenvalue weighted by molar-refractivity contribution is 7.92. The van der Waals surface area contributed by atoms with E-state index in [2.05, 4.69) is 16.5 Å². The lowest BCUT2D eigenvalue weighted by Crippen LogP contribution is -2.48. The number of amides is 1. The van der Waals surface area contributed by atoms with Crippen molar-refractivity contribution >= 4 is 21.6 Å². The van der Waals surface area contributed by atoms with Crippen LogP contribution in [-0.2, 0) is 10.0 Å². The van der Waals surface area contributed by atoms with Crippen molar-refractivity contribution < 1.29 is 13.2 Å². The van der Waals surface area contributed by atoms with Crippen LogP contribution in [0, 0.1) is 20.8 Å². The number of nitrogens with one attached hydrogen (secondary N) is 1. The number of carbonyl (C=O) groups is 1. The van der Waals surface area contributed by atoms with Crippen molar-refractivity contribution in [2.24, 2.45) is 0 Å². The number of aryl methyl sites for hydroxylation is 3. The Balaban J connectivity index is 1.85. The number of carbonyl (C=O) groups excluding carboxylic acids is 1. The van der Waals surface area contributed by atoms with Crippen molar-refractivity contribution in [3.8, 4) is 0 Å². The summed E-state index contributed by atoms with van der Waals surface area (Å²) in [5, 5.41) is 0. The molecule has 0 aromatic heterocycles. The van der Waals surface area contributed by atoms with Crippen LogP contribution in [0.2, 0.25) is 0 Å². The van der Waals surface area contributed by atoms with E-state index in [1.807, 2.05) is 26.0 Å². The average Bonchev–Trinajstić information content (AvgIpc) is 2.70. The van der Waals surface area contributed by atoms with Gasteiger partial charge in [-0.3, -0.25) is 9.52 Å². The van der Waals surface area contributed by atoms with Gasteiger partial charge in [0.25, 0.3) is 15.9 Å². The van der Waals surface area contributed by atoms with E-state index in [0.717, 1.165) is 30.8 Å². The maximum absolute atomic E-state index is 13.0. The average molecular weight is 416 g/mol. The van der Waals surface area contributed by atoms with Crippen LogP contribution < -0.4 is 4.72 Å². The molecule has 1 heterocycles. The fraction of sp³-hybridized carbons (Fsp3) is 0.409. The zero-order chi connectivity index (χ0) is 21.2. The van der Waals surface area contributed by atoms with Gasteiger partial charge < -0.3 is 9.80 Å². The second-order valence-corrected chi connectivity index (χ2v) is 9.28. The Morgan fingerprint density at radius 3 is 2.28 bits per heavy atom. The normalized spacial score (nSPS) is 15.4. The minimum Gasteiger partial charge on any atom is -0.336 e. The number of likely N-dealkylation sites (N-methyl/N-ethyl adjacent to an activating group) is 1. The number of rotatable bonds is 5. The fourth-order valence-corrected chi connectivity index (χ4v) is 5.00. The smallest absolute Gasteiger partial charge is 0.262 e. The zero-order valence-corrected chi connectivity index (χ0v) is 18.3. The van der Waals surface area contributed by atoms with Gasteiger partial charge in [0, 0.05) is 31.7 Å². The lowest BCUT2D eigenvalue weighted by Gasteiger charge is -2.34. The minimum atomic E-state index is -3.81. The van der Waals surface area contributed by atoms with Gasteiger partial charge in [0.2, 0.25) is 0 Å². The van der Waals surface area contributed by atoms with Gasteiger partial charge in [-0.25, -0.2) is 8.42 Å². The molecule has 29 heavy (non-hydrogen) atoms. The van der Waals surface area contributed by atoms with Crippen molar-refractivity contribution in [2.45, 2.75) is 32.6 Å². The number of nitrogens with zero attached hydrogens (tertiary/aromatic N) is 2. The molecule has 156 valence electrons.